The molecule has 0 spiro atoms. The molecule has 1 radical (unpaired) electrons. The van der Waals surface area contributed by atoms with Crippen LogP contribution < -0.4 is 0 Å². The minimum atomic E-state index is -4.08. The molecular formula is C7H7O3S. The van der Waals surface area contributed by atoms with Gasteiger partial charge in [-0.1, -0.05) is 12.1 Å². The van der Waals surface area contributed by atoms with E-state index in [4.69, 9.17) is 4.55 Å². The molecule has 1 aromatic carbocycles. The largest absolute Gasteiger partial charge is 0.295 e. The van der Waals surface area contributed by atoms with E-state index in [0.717, 1.165) is 5.56 Å². The molecule has 0 unspecified atom stereocenters. The maximum Gasteiger partial charge on any atom is 0.295 e. The van der Waals surface area contributed by atoms with Crippen molar-refractivity contribution >= 4 is 10.1 Å². The molecule has 59 valence electrons. The van der Waals surface area contributed by atoms with Crippen LogP contribution >= 0.6 is 0 Å². The van der Waals surface area contributed by atoms with E-state index in [-0.39, 0.29) is 4.90 Å². The van der Waals surface area contributed by atoms with Crippen molar-refractivity contribution in [2.24, 2.45) is 0 Å². The molecule has 11 heavy (non-hydrogen) atoms. The third-order valence-electron chi connectivity index (χ3n) is 1.21. The first-order chi connectivity index (χ1) is 5.00. The summed E-state index contributed by atoms with van der Waals surface area (Å²) in [5.41, 5.74) is 0.774. The Morgan fingerprint density at radius 2 is 2.18 bits per heavy atom. The van der Waals surface area contributed by atoms with E-state index in [1.807, 2.05) is 0 Å². The summed E-state index contributed by atoms with van der Waals surface area (Å²) >= 11 is 0. The van der Waals surface area contributed by atoms with Gasteiger partial charge in [-0.05, 0) is 18.6 Å². The van der Waals surface area contributed by atoms with Crippen LogP contribution in [0.2, 0.25) is 0 Å². The quantitative estimate of drug-likeness (QED) is 0.642. The van der Waals surface area contributed by atoms with Gasteiger partial charge in [0.25, 0.3) is 10.1 Å². The van der Waals surface area contributed by atoms with Crippen LogP contribution in [0.5, 0.6) is 0 Å². The van der Waals surface area contributed by atoms with Gasteiger partial charge in [-0.25, -0.2) is 0 Å². The summed E-state index contributed by atoms with van der Waals surface area (Å²) in [5.74, 6) is 0. The van der Waals surface area contributed by atoms with Crippen LogP contribution in [0, 0.1) is 13.0 Å². The zero-order valence-corrected chi connectivity index (χ0v) is 6.72. The van der Waals surface area contributed by atoms with Gasteiger partial charge in [0.1, 0.15) is 4.90 Å². The Kier molecular flexibility index (Phi) is 1.97. The minimum absolute atomic E-state index is 0.183. The fourth-order valence-electron chi connectivity index (χ4n) is 0.701. The highest BCUT2D eigenvalue weighted by atomic mass is 32.2. The molecule has 0 aliphatic heterocycles. The Balaban J connectivity index is 3.28. The maximum atomic E-state index is 10.5. The van der Waals surface area contributed by atoms with E-state index in [0.29, 0.717) is 0 Å². The van der Waals surface area contributed by atoms with Gasteiger partial charge < -0.3 is 0 Å². The van der Waals surface area contributed by atoms with E-state index in [1.165, 1.54) is 12.1 Å². The average Bonchev–Trinajstić information content (AvgIpc) is 1.86. The molecule has 0 aliphatic rings. The molecule has 0 aromatic heterocycles. The first-order valence-corrected chi connectivity index (χ1v) is 4.40. The number of rotatable bonds is 1. The molecule has 0 bridgehead atoms. The molecule has 1 rings (SSSR count). The SMILES string of the molecule is Cc1cc[c]c(S(=O)(=O)O)c1. The van der Waals surface area contributed by atoms with Crippen molar-refractivity contribution in [1.29, 1.82) is 0 Å². The zero-order valence-electron chi connectivity index (χ0n) is 5.90. The molecule has 3 nitrogen and oxygen atoms in total. The van der Waals surface area contributed by atoms with E-state index in [9.17, 15) is 8.42 Å². The van der Waals surface area contributed by atoms with E-state index >= 15 is 0 Å². The number of hydrogen-bond acceptors (Lipinski definition) is 2. The maximum absolute atomic E-state index is 10.5. The predicted octanol–water partition coefficient (Wildman–Crippen LogP) is 1.04. The van der Waals surface area contributed by atoms with Gasteiger partial charge in [-0.15, -0.1) is 0 Å². The van der Waals surface area contributed by atoms with E-state index in [1.54, 1.807) is 13.0 Å². The lowest BCUT2D eigenvalue weighted by Crippen LogP contribution is -1.97. The molecule has 1 N–H and O–H groups in total. The van der Waals surface area contributed by atoms with Crippen LogP contribution in [-0.2, 0) is 10.1 Å². The van der Waals surface area contributed by atoms with Gasteiger partial charge in [-0.3, -0.25) is 4.55 Å². The van der Waals surface area contributed by atoms with Crippen molar-refractivity contribution in [2.45, 2.75) is 11.8 Å². The molecule has 0 heterocycles. The van der Waals surface area contributed by atoms with Crippen molar-refractivity contribution in [2.75, 3.05) is 0 Å². The Bertz CT molecular complexity index is 354. The fourth-order valence-corrected chi connectivity index (χ4v) is 1.25. The predicted molar refractivity (Wildman–Crippen MR) is 39.8 cm³/mol. The summed E-state index contributed by atoms with van der Waals surface area (Å²) in [7, 11) is -4.08. The Morgan fingerprint density at radius 3 is 2.55 bits per heavy atom. The highest BCUT2D eigenvalue weighted by Crippen LogP contribution is 2.08. The van der Waals surface area contributed by atoms with Crippen LogP contribution in [0.15, 0.2) is 23.1 Å². The molecule has 0 amide bonds. The summed E-state index contributed by atoms with van der Waals surface area (Å²) in [6.45, 7) is 1.74. The summed E-state index contributed by atoms with van der Waals surface area (Å²) in [6, 6.07) is 6.93. The standard InChI is InChI=1S/C7H7O3S/c1-6-3-2-4-7(5-6)11(8,9)10/h2-3,5H,1H3,(H,8,9,10). The fraction of sp³-hybridized carbons (Fsp3) is 0.143. The van der Waals surface area contributed by atoms with Crippen molar-refractivity contribution in [3.8, 4) is 0 Å². The summed E-state index contributed by atoms with van der Waals surface area (Å²) in [6.07, 6.45) is 0. The monoisotopic (exact) mass is 171 g/mol. The molecular weight excluding hydrogens is 164 g/mol. The Hall–Kier alpha value is -0.870. The van der Waals surface area contributed by atoms with Crippen LogP contribution in [0.4, 0.5) is 0 Å². The van der Waals surface area contributed by atoms with Crippen LogP contribution in [0.25, 0.3) is 0 Å². The van der Waals surface area contributed by atoms with Gasteiger partial charge in [0.2, 0.25) is 0 Å². The lowest BCUT2D eigenvalue weighted by atomic mass is 10.2. The third-order valence-corrected chi connectivity index (χ3v) is 2.00. The second-order valence-corrected chi connectivity index (χ2v) is 3.60. The zero-order chi connectivity index (χ0) is 8.48. The highest BCUT2D eigenvalue weighted by molar-refractivity contribution is 7.85. The van der Waals surface area contributed by atoms with Crippen molar-refractivity contribution in [1.82, 2.24) is 0 Å². The molecule has 4 heteroatoms. The number of benzene rings is 1. The normalized spacial score (nSPS) is 11.5. The molecule has 0 fully saturated rings. The van der Waals surface area contributed by atoms with Gasteiger partial charge in [0.15, 0.2) is 0 Å². The van der Waals surface area contributed by atoms with Crippen molar-refractivity contribution in [3.05, 3.63) is 29.8 Å². The topological polar surface area (TPSA) is 54.4 Å². The van der Waals surface area contributed by atoms with Crippen LogP contribution in [0.3, 0.4) is 0 Å². The summed E-state index contributed by atoms with van der Waals surface area (Å²) < 4.78 is 29.6. The van der Waals surface area contributed by atoms with Crippen LogP contribution in [-0.4, -0.2) is 13.0 Å². The summed E-state index contributed by atoms with van der Waals surface area (Å²) in [4.78, 5) is -0.183. The van der Waals surface area contributed by atoms with Crippen LogP contribution in [0.1, 0.15) is 5.56 Å². The van der Waals surface area contributed by atoms with Crippen molar-refractivity contribution in [3.63, 3.8) is 0 Å². The second kappa shape index (κ2) is 2.64. The van der Waals surface area contributed by atoms with Gasteiger partial charge in [0.05, 0.1) is 0 Å². The number of aryl methyl sites for hydroxylation is 1. The molecule has 0 saturated heterocycles. The smallest absolute Gasteiger partial charge is 0.282 e. The molecule has 0 saturated carbocycles. The lowest BCUT2D eigenvalue weighted by Gasteiger charge is -1.95. The second-order valence-electron chi connectivity index (χ2n) is 2.21. The van der Waals surface area contributed by atoms with Gasteiger partial charge in [0, 0.05) is 6.07 Å². The molecule has 1 aromatic rings. The lowest BCUT2D eigenvalue weighted by molar-refractivity contribution is 0.483. The number of hydrogen-bond donors (Lipinski definition) is 1. The van der Waals surface area contributed by atoms with Gasteiger partial charge in [-0.2, -0.15) is 8.42 Å². The third kappa shape index (κ3) is 2.03. The molecule has 0 aliphatic carbocycles. The van der Waals surface area contributed by atoms with E-state index in [2.05, 4.69) is 6.07 Å². The Labute approximate surface area is 65.4 Å². The van der Waals surface area contributed by atoms with Gasteiger partial charge >= 0.3 is 0 Å². The average molecular weight is 171 g/mol. The Morgan fingerprint density at radius 1 is 1.55 bits per heavy atom. The minimum Gasteiger partial charge on any atom is -0.282 e. The molecule has 0 atom stereocenters. The highest BCUT2D eigenvalue weighted by Gasteiger charge is 2.07. The van der Waals surface area contributed by atoms with E-state index < -0.39 is 10.1 Å². The van der Waals surface area contributed by atoms with Crippen molar-refractivity contribution < 1.29 is 13.0 Å². The first-order valence-electron chi connectivity index (χ1n) is 2.96. The first kappa shape index (κ1) is 8.23. The summed E-state index contributed by atoms with van der Waals surface area (Å²) in [5, 5.41) is 0.